The monoisotopic (exact) mass is 275 g/mol. The Balaban J connectivity index is 2.08. The Morgan fingerprint density at radius 1 is 1.32 bits per heavy atom. The molecule has 2 aromatic heterocycles. The molecule has 3 rings (SSSR count). The van der Waals surface area contributed by atoms with Crippen LogP contribution in [0.15, 0.2) is 29.9 Å². The number of nitrogen functional groups attached to an aromatic ring is 1. The lowest BCUT2D eigenvalue weighted by Gasteiger charge is -2.07. The smallest absolute Gasteiger partial charge is 0.240 e. The highest BCUT2D eigenvalue weighted by molar-refractivity contribution is 7.17. The SMILES string of the molecule is Cc1csc2c(Oc3cc(F)ccc3N)ncnc12. The van der Waals surface area contributed by atoms with E-state index in [1.54, 1.807) is 0 Å². The molecule has 0 bridgehead atoms. The van der Waals surface area contributed by atoms with Gasteiger partial charge < -0.3 is 10.5 Å². The minimum atomic E-state index is -0.406. The second-order valence-corrected chi connectivity index (χ2v) is 4.94. The summed E-state index contributed by atoms with van der Waals surface area (Å²) in [6.07, 6.45) is 1.42. The lowest BCUT2D eigenvalue weighted by Crippen LogP contribution is -1.95. The van der Waals surface area contributed by atoms with E-state index in [2.05, 4.69) is 9.97 Å². The molecule has 3 aromatic rings. The van der Waals surface area contributed by atoms with Crippen LogP contribution in [0.5, 0.6) is 11.6 Å². The van der Waals surface area contributed by atoms with Crippen LogP contribution in [0.25, 0.3) is 10.2 Å². The predicted octanol–water partition coefficient (Wildman–Crippen LogP) is 3.51. The predicted molar refractivity (Wildman–Crippen MR) is 73.0 cm³/mol. The first kappa shape index (κ1) is 11.9. The number of ether oxygens (including phenoxy) is 1. The molecule has 96 valence electrons. The van der Waals surface area contributed by atoms with E-state index < -0.39 is 5.82 Å². The number of thiophene rings is 1. The van der Waals surface area contributed by atoms with Gasteiger partial charge in [-0.2, -0.15) is 0 Å². The summed E-state index contributed by atoms with van der Waals surface area (Å²) in [5.74, 6) is 0.239. The van der Waals surface area contributed by atoms with E-state index in [4.69, 9.17) is 10.5 Å². The molecule has 0 saturated carbocycles. The van der Waals surface area contributed by atoms with Crippen LogP contribution in [0, 0.1) is 12.7 Å². The number of benzene rings is 1. The van der Waals surface area contributed by atoms with E-state index in [0.717, 1.165) is 15.8 Å². The standard InChI is InChI=1S/C13H10FN3OS/c1-7-5-19-12-11(7)16-6-17-13(12)18-10-4-8(14)2-3-9(10)15/h2-6H,15H2,1H3. The van der Waals surface area contributed by atoms with Gasteiger partial charge in [0.2, 0.25) is 5.88 Å². The summed E-state index contributed by atoms with van der Waals surface area (Å²) >= 11 is 1.49. The second kappa shape index (κ2) is 4.47. The van der Waals surface area contributed by atoms with Gasteiger partial charge in [-0.05, 0) is 30.0 Å². The Bertz CT molecular complexity index is 757. The summed E-state index contributed by atoms with van der Waals surface area (Å²) in [6.45, 7) is 1.96. The number of halogens is 1. The lowest BCUT2D eigenvalue weighted by atomic mass is 10.3. The summed E-state index contributed by atoms with van der Waals surface area (Å²) < 4.78 is 19.6. The van der Waals surface area contributed by atoms with Crippen molar-refractivity contribution in [2.24, 2.45) is 0 Å². The van der Waals surface area contributed by atoms with Gasteiger partial charge in [-0.15, -0.1) is 11.3 Å². The molecule has 4 nitrogen and oxygen atoms in total. The molecular formula is C13H10FN3OS. The third kappa shape index (κ3) is 2.10. The topological polar surface area (TPSA) is 61.0 Å². The molecule has 0 spiro atoms. The number of anilines is 1. The van der Waals surface area contributed by atoms with Crippen LogP contribution in [0.3, 0.4) is 0 Å². The van der Waals surface area contributed by atoms with Crippen molar-refractivity contribution in [3.8, 4) is 11.6 Å². The van der Waals surface area contributed by atoms with Crippen molar-refractivity contribution in [1.82, 2.24) is 9.97 Å². The Hall–Kier alpha value is -2.21. The van der Waals surface area contributed by atoms with Gasteiger partial charge in [0.05, 0.1) is 11.2 Å². The Morgan fingerprint density at radius 2 is 2.16 bits per heavy atom. The van der Waals surface area contributed by atoms with Crippen LogP contribution in [-0.4, -0.2) is 9.97 Å². The molecule has 19 heavy (non-hydrogen) atoms. The highest BCUT2D eigenvalue weighted by Crippen LogP contribution is 2.34. The largest absolute Gasteiger partial charge is 0.435 e. The van der Waals surface area contributed by atoms with Crippen molar-refractivity contribution in [3.63, 3.8) is 0 Å². The number of rotatable bonds is 2. The Kier molecular flexibility index (Phi) is 2.79. The number of nitrogens with zero attached hydrogens (tertiary/aromatic N) is 2. The summed E-state index contributed by atoms with van der Waals surface area (Å²) in [7, 11) is 0. The molecule has 0 fully saturated rings. The number of aromatic nitrogens is 2. The van der Waals surface area contributed by atoms with Gasteiger partial charge in [-0.25, -0.2) is 14.4 Å². The van der Waals surface area contributed by atoms with E-state index in [-0.39, 0.29) is 5.75 Å². The second-order valence-electron chi connectivity index (χ2n) is 4.06. The van der Waals surface area contributed by atoms with Gasteiger partial charge in [-0.1, -0.05) is 0 Å². The molecule has 0 aliphatic rings. The third-order valence-electron chi connectivity index (χ3n) is 2.68. The fraction of sp³-hybridized carbons (Fsp3) is 0.0769. The number of fused-ring (bicyclic) bond motifs is 1. The molecule has 0 unspecified atom stereocenters. The summed E-state index contributed by atoms with van der Waals surface area (Å²) in [6, 6.07) is 3.99. The summed E-state index contributed by atoms with van der Waals surface area (Å²) in [5.41, 5.74) is 8.01. The summed E-state index contributed by atoms with van der Waals surface area (Å²) in [4.78, 5) is 8.28. The summed E-state index contributed by atoms with van der Waals surface area (Å²) in [5, 5.41) is 1.97. The molecular weight excluding hydrogens is 265 g/mol. The fourth-order valence-corrected chi connectivity index (χ4v) is 2.65. The average molecular weight is 275 g/mol. The van der Waals surface area contributed by atoms with Gasteiger partial charge >= 0.3 is 0 Å². The highest BCUT2D eigenvalue weighted by atomic mass is 32.1. The van der Waals surface area contributed by atoms with Crippen molar-refractivity contribution < 1.29 is 9.13 Å². The Morgan fingerprint density at radius 3 is 3.00 bits per heavy atom. The molecule has 0 atom stereocenters. The van der Waals surface area contributed by atoms with Gasteiger partial charge in [-0.3, -0.25) is 0 Å². The minimum Gasteiger partial charge on any atom is -0.435 e. The number of hydrogen-bond donors (Lipinski definition) is 1. The molecule has 6 heteroatoms. The van der Waals surface area contributed by atoms with Crippen molar-refractivity contribution in [2.45, 2.75) is 6.92 Å². The first-order valence-corrected chi connectivity index (χ1v) is 6.45. The van der Waals surface area contributed by atoms with E-state index in [1.165, 1.54) is 35.9 Å². The van der Waals surface area contributed by atoms with E-state index in [1.807, 2.05) is 12.3 Å². The lowest BCUT2D eigenvalue weighted by molar-refractivity contribution is 0.466. The van der Waals surface area contributed by atoms with Gasteiger partial charge in [0.25, 0.3) is 0 Å². The zero-order valence-electron chi connectivity index (χ0n) is 10.1. The average Bonchev–Trinajstić information content (AvgIpc) is 2.77. The third-order valence-corrected chi connectivity index (χ3v) is 3.76. The minimum absolute atomic E-state index is 0.256. The molecule has 2 N–H and O–H groups in total. The van der Waals surface area contributed by atoms with Crippen LogP contribution in [0.1, 0.15) is 5.56 Å². The molecule has 0 saturated heterocycles. The maximum Gasteiger partial charge on any atom is 0.240 e. The van der Waals surface area contributed by atoms with Crippen LogP contribution < -0.4 is 10.5 Å². The Labute approximate surface area is 112 Å². The molecule has 0 aliphatic heterocycles. The van der Waals surface area contributed by atoms with E-state index >= 15 is 0 Å². The van der Waals surface area contributed by atoms with Crippen molar-refractivity contribution in [1.29, 1.82) is 0 Å². The van der Waals surface area contributed by atoms with Crippen molar-refractivity contribution >= 4 is 27.2 Å². The first-order chi connectivity index (χ1) is 9.15. The van der Waals surface area contributed by atoms with Crippen molar-refractivity contribution in [2.75, 3.05) is 5.73 Å². The number of nitrogens with two attached hydrogens (primary N) is 1. The van der Waals surface area contributed by atoms with Gasteiger partial charge in [0.1, 0.15) is 16.8 Å². The maximum absolute atomic E-state index is 13.2. The molecule has 0 aliphatic carbocycles. The van der Waals surface area contributed by atoms with Crippen molar-refractivity contribution in [3.05, 3.63) is 41.3 Å². The fourth-order valence-electron chi connectivity index (χ4n) is 1.72. The maximum atomic E-state index is 13.2. The molecule has 1 aromatic carbocycles. The molecule has 0 amide bonds. The zero-order chi connectivity index (χ0) is 13.4. The van der Waals surface area contributed by atoms with E-state index in [0.29, 0.717) is 11.6 Å². The molecule has 0 radical (unpaired) electrons. The van der Waals surface area contributed by atoms with Crippen LogP contribution >= 0.6 is 11.3 Å². The number of hydrogen-bond acceptors (Lipinski definition) is 5. The highest BCUT2D eigenvalue weighted by Gasteiger charge is 2.12. The van der Waals surface area contributed by atoms with Crippen LogP contribution in [0.2, 0.25) is 0 Å². The van der Waals surface area contributed by atoms with Crippen LogP contribution in [-0.2, 0) is 0 Å². The van der Waals surface area contributed by atoms with Gasteiger partial charge in [0.15, 0.2) is 5.75 Å². The van der Waals surface area contributed by atoms with E-state index in [9.17, 15) is 4.39 Å². The first-order valence-electron chi connectivity index (χ1n) is 5.57. The quantitative estimate of drug-likeness (QED) is 0.727. The zero-order valence-corrected chi connectivity index (χ0v) is 10.9. The normalized spacial score (nSPS) is 10.8. The van der Waals surface area contributed by atoms with Crippen LogP contribution in [0.4, 0.5) is 10.1 Å². The van der Waals surface area contributed by atoms with Gasteiger partial charge in [0, 0.05) is 6.07 Å². The number of aryl methyl sites for hydroxylation is 1. The molecule has 2 heterocycles.